The molecule has 0 saturated heterocycles. The summed E-state index contributed by atoms with van der Waals surface area (Å²) >= 11 is 3.38. The highest BCUT2D eigenvalue weighted by Gasteiger charge is 2.10. The molecule has 3 heteroatoms. The van der Waals surface area contributed by atoms with Crippen LogP contribution in [-0.2, 0) is 6.61 Å². The first-order valence-electron chi connectivity index (χ1n) is 5.34. The molecule has 0 aliphatic heterocycles. The SMILES string of the molecule is OCc1cccc(C(O)c2cccc(Br)c2)c1. The van der Waals surface area contributed by atoms with Crippen LogP contribution in [0.1, 0.15) is 22.8 Å². The Morgan fingerprint density at radius 1 is 1.00 bits per heavy atom. The molecule has 0 radical (unpaired) electrons. The Labute approximate surface area is 109 Å². The highest BCUT2D eigenvalue weighted by Crippen LogP contribution is 2.24. The molecular weight excluding hydrogens is 280 g/mol. The van der Waals surface area contributed by atoms with E-state index in [2.05, 4.69) is 15.9 Å². The van der Waals surface area contributed by atoms with Gasteiger partial charge in [0.2, 0.25) is 0 Å². The van der Waals surface area contributed by atoms with Crippen molar-refractivity contribution in [2.75, 3.05) is 0 Å². The van der Waals surface area contributed by atoms with Crippen LogP contribution >= 0.6 is 15.9 Å². The maximum Gasteiger partial charge on any atom is 0.104 e. The van der Waals surface area contributed by atoms with Crippen LogP contribution < -0.4 is 0 Å². The van der Waals surface area contributed by atoms with E-state index in [-0.39, 0.29) is 6.61 Å². The number of benzene rings is 2. The fraction of sp³-hybridized carbons (Fsp3) is 0.143. The summed E-state index contributed by atoms with van der Waals surface area (Å²) in [6.07, 6.45) is -0.668. The lowest BCUT2D eigenvalue weighted by Gasteiger charge is -2.12. The van der Waals surface area contributed by atoms with E-state index in [4.69, 9.17) is 5.11 Å². The molecule has 2 aromatic carbocycles. The normalized spacial score (nSPS) is 12.4. The Kier molecular flexibility index (Phi) is 3.94. The third-order valence-electron chi connectivity index (χ3n) is 2.61. The number of hydrogen-bond donors (Lipinski definition) is 2. The summed E-state index contributed by atoms with van der Waals surface area (Å²) in [5.74, 6) is 0. The van der Waals surface area contributed by atoms with Crippen LogP contribution in [0.3, 0.4) is 0 Å². The second kappa shape index (κ2) is 5.45. The van der Waals surface area contributed by atoms with Crippen molar-refractivity contribution in [3.05, 3.63) is 69.7 Å². The van der Waals surface area contributed by atoms with Gasteiger partial charge in [-0.15, -0.1) is 0 Å². The van der Waals surface area contributed by atoms with Crippen LogP contribution in [-0.4, -0.2) is 10.2 Å². The summed E-state index contributed by atoms with van der Waals surface area (Å²) in [5.41, 5.74) is 2.42. The van der Waals surface area contributed by atoms with Gasteiger partial charge in [-0.2, -0.15) is 0 Å². The van der Waals surface area contributed by atoms with Crippen molar-refractivity contribution >= 4 is 15.9 Å². The molecule has 1 atom stereocenters. The minimum absolute atomic E-state index is 0.0148. The molecule has 17 heavy (non-hydrogen) atoms. The third-order valence-corrected chi connectivity index (χ3v) is 3.11. The maximum atomic E-state index is 10.2. The van der Waals surface area contributed by atoms with Gasteiger partial charge < -0.3 is 10.2 Å². The number of hydrogen-bond acceptors (Lipinski definition) is 2. The standard InChI is InChI=1S/C14H13BrO2/c15-13-6-2-5-12(8-13)14(17)11-4-1-3-10(7-11)9-16/h1-8,14,16-17H,9H2. The van der Waals surface area contributed by atoms with Crippen LogP contribution in [0.25, 0.3) is 0 Å². The first-order chi connectivity index (χ1) is 8.20. The average molecular weight is 293 g/mol. The van der Waals surface area contributed by atoms with Gasteiger partial charge >= 0.3 is 0 Å². The molecular formula is C14H13BrO2. The topological polar surface area (TPSA) is 40.5 Å². The minimum Gasteiger partial charge on any atom is -0.392 e. The van der Waals surface area contributed by atoms with Crippen LogP contribution in [0.5, 0.6) is 0 Å². The largest absolute Gasteiger partial charge is 0.392 e. The van der Waals surface area contributed by atoms with E-state index < -0.39 is 6.10 Å². The zero-order valence-corrected chi connectivity index (χ0v) is 10.8. The summed E-state index contributed by atoms with van der Waals surface area (Å²) in [6, 6.07) is 14.9. The second-order valence-electron chi connectivity index (χ2n) is 3.86. The Morgan fingerprint density at radius 2 is 1.65 bits per heavy atom. The molecule has 2 rings (SSSR count). The van der Waals surface area contributed by atoms with Crippen molar-refractivity contribution in [3.63, 3.8) is 0 Å². The van der Waals surface area contributed by atoms with Gasteiger partial charge in [-0.05, 0) is 28.8 Å². The quantitative estimate of drug-likeness (QED) is 0.913. The predicted octanol–water partition coefficient (Wildman–Crippen LogP) is 3.02. The molecule has 88 valence electrons. The number of aliphatic hydroxyl groups is 2. The molecule has 0 amide bonds. The number of rotatable bonds is 3. The first-order valence-corrected chi connectivity index (χ1v) is 6.13. The average Bonchev–Trinajstić information content (AvgIpc) is 2.38. The highest BCUT2D eigenvalue weighted by atomic mass is 79.9. The van der Waals surface area contributed by atoms with Gasteiger partial charge in [0.15, 0.2) is 0 Å². The number of halogens is 1. The minimum atomic E-state index is -0.668. The summed E-state index contributed by atoms with van der Waals surface area (Å²) in [4.78, 5) is 0. The molecule has 0 heterocycles. The van der Waals surface area contributed by atoms with Gasteiger partial charge in [0, 0.05) is 4.47 Å². The molecule has 0 spiro atoms. The van der Waals surface area contributed by atoms with Crippen molar-refractivity contribution in [2.45, 2.75) is 12.7 Å². The van der Waals surface area contributed by atoms with Crippen molar-refractivity contribution in [2.24, 2.45) is 0 Å². The van der Waals surface area contributed by atoms with E-state index in [1.165, 1.54) is 0 Å². The van der Waals surface area contributed by atoms with E-state index in [0.717, 1.165) is 21.2 Å². The zero-order valence-electron chi connectivity index (χ0n) is 9.18. The van der Waals surface area contributed by atoms with Crippen molar-refractivity contribution < 1.29 is 10.2 Å². The second-order valence-corrected chi connectivity index (χ2v) is 4.78. The van der Waals surface area contributed by atoms with Gasteiger partial charge in [0.05, 0.1) is 6.61 Å². The smallest absolute Gasteiger partial charge is 0.104 e. The Bertz CT molecular complexity index is 511. The molecule has 2 nitrogen and oxygen atoms in total. The van der Waals surface area contributed by atoms with E-state index >= 15 is 0 Å². The highest BCUT2D eigenvalue weighted by molar-refractivity contribution is 9.10. The molecule has 0 aliphatic rings. The van der Waals surface area contributed by atoms with Gasteiger partial charge in [0.1, 0.15) is 6.10 Å². The predicted molar refractivity (Wildman–Crippen MR) is 70.6 cm³/mol. The van der Waals surface area contributed by atoms with Gasteiger partial charge in [0.25, 0.3) is 0 Å². The molecule has 2 N–H and O–H groups in total. The van der Waals surface area contributed by atoms with Crippen LogP contribution in [0.2, 0.25) is 0 Å². The first kappa shape index (κ1) is 12.3. The molecule has 0 aliphatic carbocycles. The van der Waals surface area contributed by atoms with Gasteiger partial charge in [-0.1, -0.05) is 52.3 Å². The van der Waals surface area contributed by atoms with Crippen molar-refractivity contribution in [1.29, 1.82) is 0 Å². The number of aliphatic hydroxyl groups excluding tert-OH is 2. The van der Waals surface area contributed by atoms with Crippen LogP contribution in [0.15, 0.2) is 53.0 Å². The maximum absolute atomic E-state index is 10.2. The van der Waals surface area contributed by atoms with Gasteiger partial charge in [-0.25, -0.2) is 0 Å². The fourth-order valence-electron chi connectivity index (χ4n) is 1.73. The van der Waals surface area contributed by atoms with Gasteiger partial charge in [-0.3, -0.25) is 0 Å². The van der Waals surface area contributed by atoms with Crippen LogP contribution in [0.4, 0.5) is 0 Å². The molecule has 0 bridgehead atoms. The van der Waals surface area contributed by atoms with Crippen molar-refractivity contribution in [3.8, 4) is 0 Å². The Hall–Kier alpha value is -1.16. The fourth-order valence-corrected chi connectivity index (χ4v) is 2.15. The lowest BCUT2D eigenvalue weighted by molar-refractivity contribution is 0.219. The molecule has 0 saturated carbocycles. The zero-order chi connectivity index (χ0) is 12.3. The lowest BCUT2D eigenvalue weighted by atomic mass is 10.00. The monoisotopic (exact) mass is 292 g/mol. The van der Waals surface area contributed by atoms with E-state index in [0.29, 0.717) is 0 Å². The summed E-state index contributed by atoms with van der Waals surface area (Å²) < 4.78 is 0.937. The molecule has 0 fully saturated rings. The lowest BCUT2D eigenvalue weighted by Crippen LogP contribution is -2.00. The summed E-state index contributed by atoms with van der Waals surface area (Å²) in [7, 11) is 0. The summed E-state index contributed by atoms with van der Waals surface area (Å²) in [6.45, 7) is -0.0148. The Morgan fingerprint density at radius 3 is 2.29 bits per heavy atom. The molecule has 0 aromatic heterocycles. The van der Waals surface area contributed by atoms with Crippen molar-refractivity contribution in [1.82, 2.24) is 0 Å². The summed E-state index contributed by atoms with van der Waals surface area (Å²) in [5, 5.41) is 19.3. The molecule has 2 aromatic rings. The van der Waals surface area contributed by atoms with Crippen LogP contribution in [0, 0.1) is 0 Å². The van der Waals surface area contributed by atoms with E-state index in [1.807, 2.05) is 48.5 Å². The van der Waals surface area contributed by atoms with E-state index in [9.17, 15) is 5.11 Å². The van der Waals surface area contributed by atoms with E-state index in [1.54, 1.807) is 0 Å². The Balaban J connectivity index is 2.33. The third kappa shape index (κ3) is 2.94. The molecule has 1 unspecified atom stereocenters.